The van der Waals surface area contributed by atoms with Crippen LogP contribution in [0.25, 0.3) is 0 Å². The maximum Gasteiger partial charge on any atom is 0.243 e. The Labute approximate surface area is 112 Å². The van der Waals surface area contributed by atoms with Crippen molar-refractivity contribution in [1.82, 2.24) is 4.31 Å². The SMILES string of the molecule is CC1CN(S(=O)(=O)c2cccc(O)c2)CC(CO)O1. The number of hydrogen-bond acceptors (Lipinski definition) is 5. The highest BCUT2D eigenvalue weighted by atomic mass is 32.2. The van der Waals surface area contributed by atoms with Crippen LogP contribution in [0.2, 0.25) is 0 Å². The fourth-order valence-electron chi connectivity index (χ4n) is 2.09. The van der Waals surface area contributed by atoms with E-state index in [9.17, 15) is 13.5 Å². The second-order valence-corrected chi connectivity index (χ2v) is 6.51. The number of phenols is 1. The van der Waals surface area contributed by atoms with E-state index >= 15 is 0 Å². The van der Waals surface area contributed by atoms with E-state index in [1.54, 1.807) is 6.92 Å². The van der Waals surface area contributed by atoms with Gasteiger partial charge in [-0.05, 0) is 25.1 Å². The molecule has 19 heavy (non-hydrogen) atoms. The van der Waals surface area contributed by atoms with Gasteiger partial charge in [0.2, 0.25) is 10.0 Å². The summed E-state index contributed by atoms with van der Waals surface area (Å²) in [7, 11) is -3.68. The van der Waals surface area contributed by atoms with E-state index < -0.39 is 16.1 Å². The topological polar surface area (TPSA) is 87.1 Å². The Morgan fingerprint density at radius 1 is 1.42 bits per heavy atom. The van der Waals surface area contributed by atoms with E-state index in [1.165, 1.54) is 28.6 Å². The molecule has 2 unspecified atom stereocenters. The quantitative estimate of drug-likeness (QED) is 0.827. The van der Waals surface area contributed by atoms with Crippen LogP contribution in [-0.2, 0) is 14.8 Å². The van der Waals surface area contributed by atoms with Gasteiger partial charge in [-0.1, -0.05) is 6.07 Å². The van der Waals surface area contributed by atoms with Crippen LogP contribution < -0.4 is 0 Å². The van der Waals surface area contributed by atoms with Crippen LogP contribution in [0.1, 0.15) is 6.92 Å². The Morgan fingerprint density at radius 2 is 2.16 bits per heavy atom. The number of ether oxygens (including phenoxy) is 1. The van der Waals surface area contributed by atoms with Gasteiger partial charge in [0, 0.05) is 13.1 Å². The molecule has 0 saturated carbocycles. The van der Waals surface area contributed by atoms with Crippen molar-refractivity contribution in [3.05, 3.63) is 24.3 Å². The molecule has 7 heteroatoms. The molecule has 0 spiro atoms. The van der Waals surface area contributed by atoms with Gasteiger partial charge in [0.15, 0.2) is 0 Å². The van der Waals surface area contributed by atoms with Gasteiger partial charge in [0.05, 0.1) is 23.7 Å². The molecule has 1 heterocycles. The van der Waals surface area contributed by atoms with Crippen LogP contribution in [-0.4, -0.2) is 54.8 Å². The third-order valence-electron chi connectivity index (χ3n) is 2.95. The van der Waals surface area contributed by atoms with Crippen molar-refractivity contribution < 1.29 is 23.4 Å². The Bertz CT molecular complexity index is 545. The Hall–Kier alpha value is -1.15. The predicted octanol–water partition coefficient (Wildman–Crippen LogP) is 0.162. The molecule has 1 fully saturated rings. The maximum atomic E-state index is 12.4. The molecule has 2 atom stereocenters. The standard InChI is InChI=1S/C12H17NO5S/c1-9-6-13(7-11(8-14)18-9)19(16,17)12-4-2-3-10(15)5-12/h2-5,9,11,14-15H,6-8H2,1H3. The van der Waals surface area contributed by atoms with E-state index in [0.717, 1.165) is 0 Å². The van der Waals surface area contributed by atoms with Gasteiger partial charge in [-0.2, -0.15) is 4.31 Å². The van der Waals surface area contributed by atoms with E-state index in [4.69, 9.17) is 9.84 Å². The molecule has 1 aliphatic rings. The molecule has 2 rings (SSSR count). The molecule has 6 nitrogen and oxygen atoms in total. The van der Waals surface area contributed by atoms with E-state index in [-0.39, 0.29) is 36.4 Å². The highest BCUT2D eigenvalue weighted by molar-refractivity contribution is 7.89. The predicted molar refractivity (Wildman–Crippen MR) is 68.3 cm³/mol. The summed E-state index contributed by atoms with van der Waals surface area (Å²) < 4.78 is 31.5. The lowest BCUT2D eigenvalue weighted by molar-refractivity contribution is -0.0750. The van der Waals surface area contributed by atoms with E-state index in [2.05, 4.69) is 0 Å². The van der Waals surface area contributed by atoms with Crippen molar-refractivity contribution in [2.45, 2.75) is 24.0 Å². The molecule has 106 valence electrons. The minimum Gasteiger partial charge on any atom is -0.508 e. The molecule has 1 aromatic rings. The monoisotopic (exact) mass is 287 g/mol. The molecule has 1 aliphatic heterocycles. The third kappa shape index (κ3) is 3.06. The number of benzene rings is 1. The number of aliphatic hydroxyl groups is 1. The normalized spacial score (nSPS) is 25.4. The molecule has 0 radical (unpaired) electrons. The van der Waals surface area contributed by atoms with Gasteiger partial charge < -0.3 is 14.9 Å². The highest BCUT2D eigenvalue weighted by Crippen LogP contribution is 2.23. The molecule has 0 amide bonds. The largest absolute Gasteiger partial charge is 0.508 e. The second-order valence-electron chi connectivity index (χ2n) is 4.57. The number of phenolic OH excluding ortho intramolecular Hbond substituents is 1. The third-order valence-corrected chi connectivity index (χ3v) is 4.78. The average Bonchev–Trinajstić information content (AvgIpc) is 2.38. The fourth-order valence-corrected chi connectivity index (χ4v) is 3.68. The molecule has 1 aromatic carbocycles. The highest BCUT2D eigenvalue weighted by Gasteiger charge is 2.33. The van der Waals surface area contributed by atoms with Crippen molar-refractivity contribution in [1.29, 1.82) is 0 Å². The van der Waals surface area contributed by atoms with Crippen LogP contribution in [0.15, 0.2) is 29.2 Å². The molecule has 0 aromatic heterocycles. The zero-order valence-corrected chi connectivity index (χ0v) is 11.4. The van der Waals surface area contributed by atoms with Crippen molar-refractivity contribution in [3.8, 4) is 5.75 Å². The van der Waals surface area contributed by atoms with Gasteiger partial charge >= 0.3 is 0 Å². The summed E-state index contributed by atoms with van der Waals surface area (Å²) in [6.45, 7) is 1.87. The summed E-state index contributed by atoms with van der Waals surface area (Å²) >= 11 is 0. The number of aromatic hydroxyl groups is 1. The Balaban J connectivity index is 2.29. The van der Waals surface area contributed by atoms with Crippen LogP contribution in [0, 0.1) is 0 Å². The van der Waals surface area contributed by atoms with Gasteiger partial charge in [-0.15, -0.1) is 0 Å². The Kier molecular flexibility index (Phi) is 4.10. The van der Waals surface area contributed by atoms with Crippen molar-refractivity contribution >= 4 is 10.0 Å². The number of sulfonamides is 1. The zero-order chi connectivity index (χ0) is 14.0. The summed E-state index contributed by atoms with van der Waals surface area (Å²) in [5, 5.41) is 18.5. The average molecular weight is 287 g/mol. The Morgan fingerprint density at radius 3 is 2.79 bits per heavy atom. The smallest absolute Gasteiger partial charge is 0.243 e. The molecule has 1 saturated heterocycles. The van der Waals surface area contributed by atoms with Crippen molar-refractivity contribution in [2.24, 2.45) is 0 Å². The van der Waals surface area contributed by atoms with Gasteiger partial charge in [0.25, 0.3) is 0 Å². The zero-order valence-electron chi connectivity index (χ0n) is 10.6. The number of morpholine rings is 1. The first-order valence-electron chi connectivity index (χ1n) is 5.99. The minimum absolute atomic E-state index is 0.0401. The van der Waals surface area contributed by atoms with Crippen LogP contribution in [0.5, 0.6) is 5.75 Å². The first-order chi connectivity index (χ1) is 8.93. The number of aliphatic hydroxyl groups excluding tert-OH is 1. The fraction of sp³-hybridized carbons (Fsp3) is 0.500. The molecule has 2 N–H and O–H groups in total. The first kappa shape index (κ1) is 14.3. The first-order valence-corrected chi connectivity index (χ1v) is 7.43. The maximum absolute atomic E-state index is 12.4. The van der Waals surface area contributed by atoms with Gasteiger partial charge in [-0.25, -0.2) is 8.42 Å². The summed E-state index contributed by atoms with van der Waals surface area (Å²) in [5.74, 6) is -0.0962. The minimum atomic E-state index is -3.68. The van der Waals surface area contributed by atoms with Crippen LogP contribution in [0.3, 0.4) is 0 Å². The summed E-state index contributed by atoms with van der Waals surface area (Å²) in [6.07, 6.45) is -0.797. The lowest BCUT2D eigenvalue weighted by atomic mass is 10.2. The molecular weight excluding hydrogens is 270 g/mol. The lowest BCUT2D eigenvalue weighted by Gasteiger charge is -2.35. The van der Waals surface area contributed by atoms with E-state index in [1.807, 2.05) is 0 Å². The summed E-state index contributed by atoms with van der Waals surface area (Å²) in [4.78, 5) is 0.0401. The molecular formula is C12H17NO5S. The molecule has 0 bridgehead atoms. The second kappa shape index (κ2) is 5.46. The van der Waals surface area contributed by atoms with Crippen LogP contribution in [0.4, 0.5) is 0 Å². The number of rotatable bonds is 3. The van der Waals surface area contributed by atoms with Gasteiger partial charge in [0.1, 0.15) is 5.75 Å². The molecule has 0 aliphatic carbocycles. The van der Waals surface area contributed by atoms with E-state index in [0.29, 0.717) is 0 Å². The number of nitrogens with zero attached hydrogens (tertiary/aromatic N) is 1. The van der Waals surface area contributed by atoms with Crippen LogP contribution >= 0.6 is 0 Å². The summed E-state index contributed by atoms with van der Waals surface area (Å²) in [6, 6.07) is 5.54. The lowest BCUT2D eigenvalue weighted by Crippen LogP contribution is -2.50. The van der Waals surface area contributed by atoms with Crippen molar-refractivity contribution in [2.75, 3.05) is 19.7 Å². The number of hydrogen-bond donors (Lipinski definition) is 2. The van der Waals surface area contributed by atoms with Crippen molar-refractivity contribution in [3.63, 3.8) is 0 Å². The summed E-state index contributed by atoms with van der Waals surface area (Å²) in [5.41, 5.74) is 0. The van der Waals surface area contributed by atoms with Gasteiger partial charge in [-0.3, -0.25) is 0 Å².